The Kier molecular flexibility index (Phi) is 6.25. The Hall–Kier alpha value is -3.86. The molecule has 0 saturated heterocycles. The van der Waals surface area contributed by atoms with E-state index in [0.717, 1.165) is 0 Å². The van der Waals surface area contributed by atoms with Crippen LogP contribution in [0.15, 0.2) is 53.0 Å². The number of carbonyl (C=O) groups is 3. The van der Waals surface area contributed by atoms with Crippen molar-refractivity contribution in [3.63, 3.8) is 0 Å². The molecule has 0 aromatic heterocycles. The lowest BCUT2D eigenvalue weighted by Crippen LogP contribution is -2.63. The van der Waals surface area contributed by atoms with Gasteiger partial charge in [-0.05, 0) is 68.2 Å². The smallest absolute Gasteiger partial charge is 0.255 e. The minimum absolute atomic E-state index is 0.00641. The first-order valence-electron chi connectivity index (χ1n) is 12.2. The average Bonchev–Trinajstić information content (AvgIpc) is 2.86. The van der Waals surface area contributed by atoms with Crippen LogP contribution in [0.25, 0.3) is 11.1 Å². The second-order valence-corrected chi connectivity index (χ2v) is 10.7. The number of ether oxygens (including phenoxy) is 1. The number of hydrogen-bond acceptors (Lipinski definition) is 9. The van der Waals surface area contributed by atoms with Gasteiger partial charge in [0.1, 0.15) is 28.6 Å². The largest absolute Gasteiger partial charge is 0.510 e. The maximum Gasteiger partial charge on any atom is 0.255 e. The number of aliphatic hydroxyl groups is 3. The Morgan fingerprint density at radius 1 is 1.13 bits per heavy atom. The monoisotopic (exact) mass is 554 g/mol. The van der Waals surface area contributed by atoms with E-state index in [1.807, 2.05) is 0 Å². The number of primary amides is 1. The summed E-state index contributed by atoms with van der Waals surface area (Å²) in [6.07, 6.45) is 0.140. The van der Waals surface area contributed by atoms with E-state index in [0.29, 0.717) is 27.5 Å². The summed E-state index contributed by atoms with van der Waals surface area (Å²) in [7, 11) is 4.65. The van der Waals surface area contributed by atoms with E-state index in [4.69, 9.17) is 22.1 Å². The molecule has 0 aliphatic heterocycles. The molecule has 2 aromatic carbocycles. The van der Waals surface area contributed by atoms with Gasteiger partial charge in [0.25, 0.3) is 5.91 Å². The third kappa shape index (κ3) is 3.66. The molecular weight excluding hydrogens is 528 g/mol. The number of nitrogens with two attached hydrogens (primary N) is 1. The fraction of sp³-hybridized carbons (Fsp3) is 0.321. The normalized spacial score (nSPS) is 26.4. The molecule has 0 heterocycles. The summed E-state index contributed by atoms with van der Waals surface area (Å²) in [6.45, 7) is 0. The van der Waals surface area contributed by atoms with Crippen LogP contribution < -0.4 is 10.5 Å². The van der Waals surface area contributed by atoms with Crippen molar-refractivity contribution in [3.8, 4) is 22.6 Å². The number of ketones is 2. The first-order chi connectivity index (χ1) is 18.3. The van der Waals surface area contributed by atoms with E-state index < -0.39 is 58.0 Å². The van der Waals surface area contributed by atoms with Crippen molar-refractivity contribution < 1.29 is 39.5 Å². The van der Waals surface area contributed by atoms with Gasteiger partial charge >= 0.3 is 0 Å². The van der Waals surface area contributed by atoms with Crippen LogP contribution in [-0.4, -0.2) is 75.6 Å². The first kappa shape index (κ1) is 26.7. The molecule has 1 amide bonds. The predicted molar refractivity (Wildman–Crippen MR) is 141 cm³/mol. The molecule has 204 valence electrons. The van der Waals surface area contributed by atoms with Crippen LogP contribution in [0, 0.1) is 11.8 Å². The second-order valence-electron chi connectivity index (χ2n) is 10.3. The van der Waals surface area contributed by atoms with Gasteiger partial charge in [0.15, 0.2) is 11.4 Å². The number of benzene rings is 2. The van der Waals surface area contributed by atoms with E-state index in [2.05, 4.69) is 0 Å². The van der Waals surface area contributed by atoms with Gasteiger partial charge in [-0.3, -0.25) is 19.3 Å². The number of methoxy groups -OCH3 is 1. The zero-order valence-electron chi connectivity index (χ0n) is 21.4. The van der Waals surface area contributed by atoms with Gasteiger partial charge in [-0.2, -0.15) is 0 Å². The number of rotatable bonds is 4. The van der Waals surface area contributed by atoms with E-state index in [1.165, 1.54) is 18.1 Å². The van der Waals surface area contributed by atoms with Gasteiger partial charge in [0.2, 0.25) is 5.78 Å². The SMILES string of the molecule is COc1ccc(Cl)cc1-c1ccc(O)c2c1C[C@H]1C[C@H]3[C@@H](N(C)C)C(O)=C(C(N)=O)C(=O)[C@]3(O)C(O)=C1C2=O. The first-order valence-corrected chi connectivity index (χ1v) is 12.6. The molecule has 0 bridgehead atoms. The van der Waals surface area contributed by atoms with E-state index >= 15 is 0 Å². The number of fused-ring (bicyclic) bond motifs is 3. The summed E-state index contributed by atoms with van der Waals surface area (Å²) in [5.41, 5.74) is 3.17. The van der Waals surface area contributed by atoms with Crippen molar-refractivity contribution >= 4 is 29.1 Å². The van der Waals surface area contributed by atoms with Crippen LogP contribution in [-0.2, 0) is 16.0 Å². The van der Waals surface area contributed by atoms with Gasteiger partial charge in [-0.1, -0.05) is 17.7 Å². The Balaban J connectivity index is 1.74. The molecule has 5 rings (SSSR count). The van der Waals surface area contributed by atoms with Crippen LogP contribution in [0.2, 0.25) is 5.02 Å². The molecule has 0 radical (unpaired) electrons. The Labute approximate surface area is 228 Å². The van der Waals surface area contributed by atoms with Crippen molar-refractivity contribution in [2.45, 2.75) is 24.5 Å². The maximum absolute atomic E-state index is 13.9. The number of halogens is 1. The van der Waals surface area contributed by atoms with Crippen molar-refractivity contribution in [2.75, 3.05) is 21.2 Å². The summed E-state index contributed by atoms with van der Waals surface area (Å²) < 4.78 is 5.50. The lowest BCUT2D eigenvalue weighted by Gasteiger charge is -2.50. The van der Waals surface area contributed by atoms with Gasteiger partial charge in [-0.15, -0.1) is 0 Å². The molecule has 0 saturated carbocycles. The number of aliphatic hydroxyl groups excluding tert-OH is 2. The van der Waals surface area contributed by atoms with Gasteiger partial charge < -0.3 is 30.9 Å². The van der Waals surface area contributed by atoms with Crippen LogP contribution >= 0.6 is 11.6 Å². The van der Waals surface area contributed by atoms with Crippen molar-refractivity contribution in [1.82, 2.24) is 4.90 Å². The minimum Gasteiger partial charge on any atom is -0.510 e. The van der Waals surface area contributed by atoms with Crippen LogP contribution in [0.1, 0.15) is 22.3 Å². The standard InChI is InChI=1S/C28H27ClN2O8/c1-31(2)22-16-9-11-8-15-13(14-10-12(29)4-7-18(14)39-3)5-6-17(32)20(15)23(33)19(11)25(35)28(16,38)26(36)21(24(22)34)27(30)37/h4-7,10-11,16,22,32,34-35,38H,8-9H2,1-3H3,(H2,30,37)/t11-,16-,22+,28+/m0/s1. The Morgan fingerprint density at radius 2 is 1.82 bits per heavy atom. The maximum atomic E-state index is 13.9. The van der Waals surface area contributed by atoms with E-state index in [-0.39, 0.29) is 29.7 Å². The molecule has 6 N–H and O–H groups in total. The van der Waals surface area contributed by atoms with Crippen LogP contribution in [0.3, 0.4) is 0 Å². The predicted octanol–water partition coefficient (Wildman–Crippen LogP) is 2.45. The minimum atomic E-state index is -2.69. The van der Waals surface area contributed by atoms with Crippen LogP contribution in [0.5, 0.6) is 11.5 Å². The quantitative estimate of drug-likeness (QED) is 0.356. The number of carbonyl (C=O) groups excluding carboxylic acids is 3. The summed E-state index contributed by atoms with van der Waals surface area (Å²) in [4.78, 5) is 40.9. The highest BCUT2D eigenvalue weighted by Gasteiger charge is 2.63. The second kappa shape index (κ2) is 9.11. The molecule has 39 heavy (non-hydrogen) atoms. The number of amides is 1. The van der Waals surface area contributed by atoms with Gasteiger partial charge in [-0.25, -0.2) is 0 Å². The fourth-order valence-corrected chi connectivity index (χ4v) is 6.57. The fourth-order valence-electron chi connectivity index (χ4n) is 6.39. The molecular formula is C28H27ClN2O8. The molecule has 3 aliphatic rings. The van der Waals surface area contributed by atoms with Crippen molar-refractivity contribution in [3.05, 3.63) is 69.1 Å². The van der Waals surface area contributed by atoms with Gasteiger partial charge in [0, 0.05) is 22.1 Å². The molecule has 0 unspecified atom stereocenters. The van der Waals surface area contributed by atoms with Gasteiger partial charge in [0.05, 0.1) is 18.7 Å². The number of phenolic OH excluding ortho intramolecular Hbond substituents is 1. The molecule has 11 heteroatoms. The summed E-state index contributed by atoms with van der Waals surface area (Å²) >= 11 is 6.26. The number of nitrogens with zero attached hydrogens (tertiary/aromatic N) is 1. The number of hydrogen-bond donors (Lipinski definition) is 5. The number of phenols is 1. The molecule has 4 atom stereocenters. The summed E-state index contributed by atoms with van der Waals surface area (Å²) in [5, 5.41) is 45.2. The topological polar surface area (TPSA) is 171 Å². The zero-order chi connectivity index (χ0) is 28.5. The summed E-state index contributed by atoms with van der Waals surface area (Å²) in [5.74, 6) is -6.49. The van der Waals surface area contributed by atoms with E-state index in [1.54, 1.807) is 38.4 Å². The Morgan fingerprint density at radius 3 is 2.44 bits per heavy atom. The number of aromatic hydroxyl groups is 1. The van der Waals surface area contributed by atoms with Crippen LogP contribution in [0.4, 0.5) is 0 Å². The average molecular weight is 555 g/mol. The number of Topliss-reactive ketones (excluding diaryl/α,β-unsaturated/α-hetero) is 2. The lowest BCUT2D eigenvalue weighted by atomic mass is 9.58. The highest BCUT2D eigenvalue weighted by molar-refractivity contribution is 6.31. The highest BCUT2D eigenvalue weighted by Crippen LogP contribution is 2.53. The zero-order valence-corrected chi connectivity index (χ0v) is 22.1. The molecule has 10 nitrogen and oxygen atoms in total. The number of likely N-dealkylation sites (N-methyl/N-ethyl adjacent to an activating group) is 1. The summed E-state index contributed by atoms with van der Waals surface area (Å²) in [6, 6.07) is 6.93. The lowest BCUT2D eigenvalue weighted by molar-refractivity contribution is -0.148. The molecule has 2 aromatic rings. The molecule has 0 fully saturated rings. The third-order valence-electron chi connectivity index (χ3n) is 8.06. The number of allylic oxidation sites excluding steroid dienone is 1. The van der Waals surface area contributed by atoms with Crippen molar-refractivity contribution in [2.24, 2.45) is 17.6 Å². The molecule has 3 aliphatic carbocycles. The third-order valence-corrected chi connectivity index (χ3v) is 8.29. The Bertz CT molecular complexity index is 1530. The highest BCUT2D eigenvalue weighted by atomic mass is 35.5. The van der Waals surface area contributed by atoms with Crippen molar-refractivity contribution in [1.29, 1.82) is 0 Å². The van der Waals surface area contributed by atoms with E-state index in [9.17, 15) is 34.8 Å². The molecule has 0 spiro atoms.